The molecule has 0 spiro atoms. The van der Waals surface area contributed by atoms with E-state index < -0.39 is 34.7 Å². The van der Waals surface area contributed by atoms with Gasteiger partial charge in [-0.15, -0.1) is 0 Å². The van der Waals surface area contributed by atoms with Crippen molar-refractivity contribution in [2.24, 2.45) is 46.3 Å². The zero-order valence-corrected chi connectivity index (χ0v) is 20.9. The molecule has 182 valence electrons. The second-order valence-electron chi connectivity index (χ2n) is 11.4. The summed E-state index contributed by atoms with van der Waals surface area (Å²) in [4.78, 5) is 37.6. The molecule has 0 amide bonds. The highest BCUT2D eigenvalue weighted by Crippen LogP contribution is 2.62. The molecule has 0 saturated heterocycles. The molecule has 5 nitrogen and oxygen atoms in total. The number of hydrogen-bond donors (Lipinski definition) is 2. The molecule has 1 saturated carbocycles. The number of fused-ring (bicyclic) bond motifs is 1. The Kier molecular flexibility index (Phi) is 7.24. The third-order valence-corrected chi connectivity index (χ3v) is 9.29. The predicted molar refractivity (Wildman–Crippen MR) is 128 cm³/mol. The minimum absolute atomic E-state index is 0.0316. The minimum atomic E-state index is -1.17. The number of carbonyl (C=O) groups is 3. The Morgan fingerprint density at radius 3 is 2.36 bits per heavy atom. The van der Waals surface area contributed by atoms with Crippen LogP contribution in [0.2, 0.25) is 0 Å². The molecular formula is C28H40O5. The van der Waals surface area contributed by atoms with Gasteiger partial charge in [0.2, 0.25) is 0 Å². The van der Waals surface area contributed by atoms with Crippen LogP contribution < -0.4 is 0 Å². The number of aliphatic carboxylic acids is 1. The van der Waals surface area contributed by atoms with Crippen LogP contribution in [0.3, 0.4) is 0 Å². The highest BCUT2D eigenvalue weighted by Gasteiger charge is 2.59. The van der Waals surface area contributed by atoms with Crippen molar-refractivity contribution in [2.75, 3.05) is 0 Å². The lowest BCUT2D eigenvalue weighted by Crippen LogP contribution is -2.42. The molecule has 0 radical (unpaired) electrons. The third-order valence-electron chi connectivity index (χ3n) is 9.29. The van der Waals surface area contributed by atoms with E-state index in [0.29, 0.717) is 48.7 Å². The zero-order chi connectivity index (χ0) is 24.7. The Hall–Kier alpha value is -2.01. The number of aldehydes is 2. The molecular weight excluding hydrogens is 416 g/mol. The molecule has 0 heterocycles. The molecule has 3 rings (SSSR count). The largest absolute Gasteiger partial charge is 0.481 e. The summed E-state index contributed by atoms with van der Waals surface area (Å²) in [6.07, 6.45) is 9.67. The minimum Gasteiger partial charge on any atom is -0.481 e. The summed E-state index contributed by atoms with van der Waals surface area (Å²) in [5, 5.41) is 20.8. The molecule has 0 unspecified atom stereocenters. The number of allylic oxidation sites excluding steroid dienone is 4. The number of aliphatic hydroxyl groups is 1. The summed E-state index contributed by atoms with van der Waals surface area (Å²) < 4.78 is 0. The van der Waals surface area contributed by atoms with E-state index >= 15 is 0 Å². The van der Waals surface area contributed by atoms with Gasteiger partial charge in [-0.3, -0.25) is 9.59 Å². The third kappa shape index (κ3) is 4.07. The Bertz CT molecular complexity index is 896. The van der Waals surface area contributed by atoms with Gasteiger partial charge in [0.1, 0.15) is 12.6 Å². The van der Waals surface area contributed by atoms with Gasteiger partial charge in [0, 0.05) is 11.8 Å². The highest BCUT2D eigenvalue weighted by molar-refractivity contribution is 5.86. The molecule has 0 aromatic heterocycles. The van der Waals surface area contributed by atoms with E-state index in [4.69, 9.17) is 0 Å². The van der Waals surface area contributed by atoms with Crippen LogP contribution in [-0.4, -0.2) is 34.9 Å². The SMILES string of the molecule is CC(C)[C@@H](C)C=C[C@@H](C)[C@H]1CC=C([C@H]2C(C=O)=C3C[C@@H](O)CC[C@]3(C)[C@@H]2C=O)[C@]1(C)C(=O)O. The van der Waals surface area contributed by atoms with Gasteiger partial charge in [-0.1, -0.05) is 58.4 Å². The maximum Gasteiger partial charge on any atom is 0.313 e. The van der Waals surface area contributed by atoms with Gasteiger partial charge >= 0.3 is 5.97 Å². The summed E-state index contributed by atoms with van der Waals surface area (Å²) in [6.45, 7) is 12.3. The summed E-state index contributed by atoms with van der Waals surface area (Å²) >= 11 is 0. The van der Waals surface area contributed by atoms with E-state index in [0.717, 1.165) is 18.1 Å². The smallest absolute Gasteiger partial charge is 0.313 e. The summed E-state index contributed by atoms with van der Waals surface area (Å²) in [7, 11) is 0. The average Bonchev–Trinajstić information content (AvgIpc) is 3.23. The van der Waals surface area contributed by atoms with Crippen LogP contribution in [0.25, 0.3) is 0 Å². The molecule has 8 atom stereocenters. The van der Waals surface area contributed by atoms with Gasteiger partial charge in [-0.25, -0.2) is 0 Å². The summed E-state index contributed by atoms with van der Waals surface area (Å²) in [5.41, 5.74) is 0.361. The van der Waals surface area contributed by atoms with Gasteiger partial charge < -0.3 is 15.0 Å². The first kappa shape index (κ1) is 25.6. The maximum atomic E-state index is 12.8. The van der Waals surface area contributed by atoms with E-state index in [1.165, 1.54) is 0 Å². The van der Waals surface area contributed by atoms with E-state index in [1.54, 1.807) is 6.92 Å². The highest BCUT2D eigenvalue weighted by atomic mass is 16.4. The first-order valence-electron chi connectivity index (χ1n) is 12.4. The molecule has 3 aliphatic rings. The molecule has 2 N–H and O–H groups in total. The van der Waals surface area contributed by atoms with Crippen LogP contribution in [0, 0.1) is 46.3 Å². The van der Waals surface area contributed by atoms with E-state index in [1.807, 2.05) is 13.0 Å². The molecule has 1 fully saturated rings. The zero-order valence-electron chi connectivity index (χ0n) is 20.9. The van der Waals surface area contributed by atoms with Crippen LogP contribution in [0.4, 0.5) is 0 Å². The molecule has 0 aliphatic heterocycles. The number of carboxylic acids is 1. The standard InChI is InChI=1S/C28H40O5/c1-16(2)17(3)7-8-18(4)21-9-10-22(28(21,6)26(32)33)25-20(14-29)23-13-19(31)11-12-27(23,5)24(25)15-30/h7-8,10,14-19,21,24-25,31H,9,11-13H2,1-6H3,(H,32,33)/t17-,18+,19-,21+,24+,25+,27-,28+/m0/s1. The molecule has 0 aromatic rings. The number of hydrogen-bond acceptors (Lipinski definition) is 4. The normalized spacial score (nSPS) is 38.4. The molecule has 0 aromatic carbocycles. The Morgan fingerprint density at radius 2 is 1.82 bits per heavy atom. The second-order valence-corrected chi connectivity index (χ2v) is 11.4. The fraction of sp³-hybridized carbons (Fsp3) is 0.679. The first-order chi connectivity index (χ1) is 15.4. The Morgan fingerprint density at radius 1 is 1.15 bits per heavy atom. The number of carbonyl (C=O) groups excluding carboxylic acids is 2. The van der Waals surface area contributed by atoms with Crippen molar-refractivity contribution in [3.05, 3.63) is 34.9 Å². The number of aliphatic hydroxyl groups excluding tert-OH is 1. The van der Waals surface area contributed by atoms with Gasteiger partial charge in [0.25, 0.3) is 0 Å². The predicted octanol–water partition coefficient (Wildman–Crippen LogP) is 5.00. The Labute approximate surface area is 198 Å². The van der Waals surface area contributed by atoms with Crippen molar-refractivity contribution in [2.45, 2.75) is 73.3 Å². The Balaban J connectivity index is 2.04. The van der Waals surface area contributed by atoms with Crippen LogP contribution in [-0.2, 0) is 14.4 Å². The fourth-order valence-electron chi connectivity index (χ4n) is 6.58. The topological polar surface area (TPSA) is 91.7 Å². The summed E-state index contributed by atoms with van der Waals surface area (Å²) in [6, 6.07) is 0. The van der Waals surface area contributed by atoms with E-state index in [9.17, 15) is 24.6 Å². The quantitative estimate of drug-likeness (QED) is 0.396. The lowest BCUT2D eigenvalue weighted by atomic mass is 9.62. The lowest BCUT2D eigenvalue weighted by Gasteiger charge is -2.41. The first-order valence-corrected chi connectivity index (χ1v) is 12.4. The van der Waals surface area contributed by atoms with Crippen LogP contribution in [0.15, 0.2) is 34.9 Å². The van der Waals surface area contributed by atoms with Crippen LogP contribution >= 0.6 is 0 Å². The van der Waals surface area contributed by atoms with Crippen molar-refractivity contribution in [1.82, 2.24) is 0 Å². The number of rotatable bonds is 8. The van der Waals surface area contributed by atoms with Crippen LogP contribution in [0.5, 0.6) is 0 Å². The van der Waals surface area contributed by atoms with Gasteiger partial charge in [-0.2, -0.15) is 0 Å². The van der Waals surface area contributed by atoms with Gasteiger partial charge in [-0.05, 0) is 72.8 Å². The van der Waals surface area contributed by atoms with Crippen molar-refractivity contribution < 1.29 is 24.6 Å². The second kappa shape index (κ2) is 9.32. The molecule has 3 aliphatic carbocycles. The molecule has 5 heteroatoms. The van der Waals surface area contributed by atoms with Crippen LogP contribution in [0.1, 0.15) is 67.2 Å². The summed E-state index contributed by atoms with van der Waals surface area (Å²) in [5.74, 6) is -1.17. The van der Waals surface area contributed by atoms with Crippen molar-refractivity contribution in [3.8, 4) is 0 Å². The lowest BCUT2D eigenvalue weighted by molar-refractivity contribution is -0.149. The van der Waals surface area contributed by atoms with Gasteiger partial charge in [0.15, 0.2) is 0 Å². The monoisotopic (exact) mass is 456 g/mol. The van der Waals surface area contributed by atoms with E-state index in [-0.39, 0.29) is 11.8 Å². The van der Waals surface area contributed by atoms with Crippen molar-refractivity contribution >= 4 is 18.5 Å². The van der Waals surface area contributed by atoms with E-state index in [2.05, 4.69) is 39.8 Å². The molecule has 33 heavy (non-hydrogen) atoms. The fourth-order valence-corrected chi connectivity index (χ4v) is 6.58. The maximum absolute atomic E-state index is 12.8. The average molecular weight is 457 g/mol. The van der Waals surface area contributed by atoms with Gasteiger partial charge in [0.05, 0.1) is 11.5 Å². The molecule has 0 bridgehead atoms. The van der Waals surface area contributed by atoms with Crippen molar-refractivity contribution in [1.29, 1.82) is 0 Å². The van der Waals surface area contributed by atoms with Crippen molar-refractivity contribution in [3.63, 3.8) is 0 Å². The number of carboxylic acid groups (broad SMARTS) is 1.